The standard InChI is InChI=1S/C56H37N5/c1-5-19-38(20-6-1)44-27-13-17-31-48(44)55-58-54(59-56(60-55)49-32-18-14-28-45(49)39-21-7-2-8-22-39)43-35-33-41(34-36-43)51-46-29-15-16-30-47(46)53-50(40-23-9-3-10-24-40)37-57-61(53)52(51)42-25-11-4-12-26-42/h1-37H. The first-order valence-corrected chi connectivity index (χ1v) is 20.5. The fourth-order valence-electron chi connectivity index (χ4n) is 8.53. The summed E-state index contributed by atoms with van der Waals surface area (Å²) in [5.41, 5.74) is 14.7. The first-order chi connectivity index (χ1) is 30.3. The molecule has 3 aromatic heterocycles. The highest BCUT2D eigenvalue weighted by Crippen LogP contribution is 2.43. The zero-order valence-electron chi connectivity index (χ0n) is 33.1. The monoisotopic (exact) mass is 779 g/mol. The topological polar surface area (TPSA) is 56.0 Å². The summed E-state index contributed by atoms with van der Waals surface area (Å²) in [5, 5.41) is 7.39. The van der Waals surface area contributed by atoms with Crippen LogP contribution >= 0.6 is 0 Å². The van der Waals surface area contributed by atoms with Gasteiger partial charge in [-0.15, -0.1) is 0 Å². The Bertz CT molecular complexity index is 3220. The average Bonchev–Trinajstić information content (AvgIpc) is 3.80. The molecule has 0 unspecified atom stereocenters. The predicted molar refractivity (Wildman–Crippen MR) is 250 cm³/mol. The Labute approximate surface area is 354 Å². The van der Waals surface area contributed by atoms with Crippen LogP contribution in [-0.4, -0.2) is 24.6 Å². The number of fused-ring (bicyclic) bond motifs is 3. The van der Waals surface area contributed by atoms with E-state index in [1.54, 1.807) is 0 Å². The third-order valence-corrected chi connectivity index (χ3v) is 11.4. The highest BCUT2D eigenvalue weighted by molar-refractivity contribution is 6.13. The number of rotatable bonds is 8. The third-order valence-electron chi connectivity index (χ3n) is 11.4. The van der Waals surface area contributed by atoms with Crippen molar-refractivity contribution >= 4 is 16.3 Å². The van der Waals surface area contributed by atoms with Gasteiger partial charge in [0.2, 0.25) is 0 Å². The first kappa shape index (κ1) is 35.8. The fraction of sp³-hybridized carbons (Fsp3) is 0. The lowest BCUT2D eigenvalue weighted by atomic mass is 9.91. The second-order valence-corrected chi connectivity index (χ2v) is 15.0. The molecule has 8 aromatic carbocycles. The van der Waals surface area contributed by atoms with E-state index in [2.05, 4.69) is 199 Å². The molecule has 0 saturated carbocycles. The van der Waals surface area contributed by atoms with Crippen LogP contribution in [0.5, 0.6) is 0 Å². The van der Waals surface area contributed by atoms with Crippen molar-refractivity contribution < 1.29 is 0 Å². The zero-order valence-corrected chi connectivity index (χ0v) is 33.1. The van der Waals surface area contributed by atoms with Crippen LogP contribution in [0.1, 0.15) is 0 Å². The molecule has 5 heteroatoms. The molecule has 0 spiro atoms. The van der Waals surface area contributed by atoms with Crippen LogP contribution in [0, 0.1) is 0 Å². The van der Waals surface area contributed by atoms with E-state index in [0.717, 1.165) is 88.7 Å². The summed E-state index contributed by atoms with van der Waals surface area (Å²) in [5.74, 6) is 1.82. The van der Waals surface area contributed by atoms with Gasteiger partial charge in [0, 0.05) is 38.8 Å². The highest BCUT2D eigenvalue weighted by atomic mass is 15.2. The molecule has 11 rings (SSSR count). The third kappa shape index (κ3) is 6.55. The second-order valence-electron chi connectivity index (χ2n) is 15.0. The van der Waals surface area contributed by atoms with Crippen molar-refractivity contribution in [1.29, 1.82) is 0 Å². The second kappa shape index (κ2) is 15.5. The van der Waals surface area contributed by atoms with Gasteiger partial charge in [-0.2, -0.15) is 5.10 Å². The molecule has 0 radical (unpaired) electrons. The Morgan fingerprint density at radius 2 is 0.672 bits per heavy atom. The molecule has 0 atom stereocenters. The molecule has 0 aliphatic rings. The van der Waals surface area contributed by atoms with Crippen LogP contribution in [0.3, 0.4) is 0 Å². The van der Waals surface area contributed by atoms with E-state index >= 15 is 0 Å². The summed E-state index contributed by atoms with van der Waals surface area (Å²) in [4.78, 5) is 15.7. The molecule has 0 aliphatic carbocycles. The van der Waals surface area contributed by atoms with Crippen LogP contribution in [0.2, 0.25) is 0 Å². The molecule has 11 aromatic rings. The van der Waals surface area contributed by atoms with E-state index < -0.39 is 0 Å². The predicted octanol–water partition coefficient (Wildman–Crippen LogP) is 14.0. The smallest absolute Gasteiger partial charge is 0.164 e. The lowest BCUT2D eigenvalue weighted by molar-refractivity contribution is 0.976. The van der Waals surface area contributed by atoms with Crippen LogP contribution in [0.25, 0.3) is 106 Å². The average molecular weight is 780 g/mol. The summed E-state index contributed by atoms with van der Waals surface area (Å²) in [6.45, 7) is 0. The molecule has 0 amide bonds. The molecule has 0 bridgehead atoms. The minimum absolute atomic E-state index is 0.598. The Morgan fingerprint density at radius 3 is 1.20 bits per heavy atom. The number of benzene rings is 8. The Kier molecular flexibility index (Phi) is 9.10. The summed E-state index contributed by atoms with van der Waals surface area (Å²) in [6, 6.07) is 75.9. The van der Waals surface area contributed by atoms with Gasteiger partial charge in [0.1, 0.15) is 0 Å². The van der Waals surface area contributed by atoms with Crippen molar-refractivity contribution in [2.75, 3.05) is 0 Å². The quantitative estimate of drug-likeness (QED) is 0.154. The van der Waals surface area contributed by atoms with Crippen LogP contribution < -0.4 is 0 Å². The van der Waals surface area contributed by atoms with Crippen molar-refractivity contribution in [3.8, 4) is 89.9 Å². The number of pyridine rings is 1. The van der Waals surface area contributed by atoms with E-state index in [-0.39, 0.29) is 0 Å². The van der Waals surface area contributed by atoms with Gasteiger partial charge < -0.3 is 0 Å². The van der Waals surface area contributed by atoms with Gasteiger partial charge in [-0.25, -0.2) is 19.5 Å². The SMILES string of the molecule is c1ccc(-c2ccccc2-c2nc(-c3ccc(-c4c(-c5ccccc5)n5ncc(-c6ccccc6)c5c5ccccc45)cc3)nc(-c3ccccc3-c3ccccc3)n2)cc1. The number of aromatic nitrogens is 5. The number of nitrogens with zero attached hydrogens (tertiary/aromatic N) is 5. The van der Waals surface area contributed by atoms with E-state index in [1.165, 1.54) is 0 Å². The van der Waals surface area contributed by atoms with Crippen molar-refractivity contribution in [3.05, 3.63) is 225 Å². The van der Waals surface area contributed by atoms with Gasteiger partial charge in [0.25, 0.3) is 0 Å². The summed E-state index contributed by atoms with van der Waals surface area (Å²) < 4.78 is 2.13. The Balaban J connectivity index is 1.11. The molecule has 3 heterocycles. The molecule has 0 fully saturated rings. The van der Waals surface area contributed by atoms with Crippen molar-refractivity contribution in [2.24, 2.45) is 0 Å². The zero-order chi connectivity index (χ0) is 40.5. The summed E-state index contributed by atoms with van der Waals surface area (Å²) in [6.07, 6.45) is 2.00. The largest absolute Gasteiger partial charge is 0.231 e. The summed E-state index contributed by atoms with van der Waals surface area (Å²) >= 11 is 0. The van der Waals surface area contributed by atoms with Gasteiger partial charge >= 0.3 is 0 Å². The molecular weight excluding hydrogens is 743 g/mol. The minimum Gasteiger partial charge on any atom is -0.231 e. The van der Waals surface area contributed by atoms with Crippen LogP contribution in [0.4, 0.5) is 0 Å². The maximum Gasteiger partial charge on any atom is 0.164 e. The van der Waals surface area contributed by atoms with Crippen molar-refractivity contribution in [1.82, 2.24) is 24.6 Å². The van der Waals surface area contributed by atoms with Gasteiger partial charge in [-0.3, -0.25) is 0 Å². The molecule has 0 aliphatic heterocycles. The molecule has 5 nitrogen and oxygen atoms in total. The van der Waals surface area contributed by atoms with Gasteiger partial charge in [0.05, 0.1) is 17.4 Å². The number of hydrogen-bond acceptors (Lipinski definition) is 4. The van der Waals surface area contributed by atoms with Gasteiger partial charge in [-0.1, -0.05) is 218 Å². The lowest BCUT2D eigenvalue weighted by Crippen LogP contribution is -2.02. The van der Waals surface area contributed by atoms with E-state index in [4.69, 9.17) is 20.1 Å². The van der Waals surface area contributed by atoms with Gasteiger partial charge in [0.15, 0.2) is 17.5 Å². The molecule has 286 valence electrons. The number of hydrogen-bond donors (Lipinski definition) is 0. The van der Waals surface area contributed by atoms with Crippen LogP contribution in [-0.2, 0) is 0 Å². The first-order valence-electron chi connectivity index (χ1n) is 20.5. The van der Waals surface area contributed by atoms with Gasteiger partial charge in [-0.05, 0) is 38.8 Å². The van der Waals surface area contributed by atoms with E-state index in [1.807, 2.05) is 30.5 Å². The molecule has 61 heavy (non-hydrogen) atoms. The minimum atomic E-state index is 0.598. The Morgan fingerprint density at radius 1 is 0.279 bits per heavy atom. The molecule has 0 saturated heterocycles. The van der Waals surface area contributed by atoms with E-state index in [0.29, 0.717) is 17.5 Å². The summed E-state index contributed by atoms with van der Waals surface area (Å²) in [7, 11) is 0. The Hall–Kier alpha value is -8.28. The normalized spacial score (nSPS) is 11.3. The van der Waals surface area contributed by atoms with Crippen molar-refractivity contribution in [3.63, 3.8) is 0 Å². The maximum atomic E-state index is 5.24. The lowest BCUT2D eigenvalue weighted by Gasteiger charge is -2.18. The van der Waals surface area contributed by atoms with Crippen molar-refractivity contribution in [2.45, 2.75) is 0 Å². The van der Waals surface area contributed by atoms with Crippen LogP contribution in [0.15, 0.2) is 225 Å². The fourth-order valence-corrected chi connectivity index (χ4v) is 8.53. The van der Waals surface area contributed by atoms with E-state index in [9.17, 15) is 0 Å². The maximum absolute atomic E-state index is 5.24. The molecule has 0 N–H and O–H groups in total. The highest BCUT2D eigenvalue weighted by Gasteiger charge is 2.22. The molecular formula is C56H37N5.